The van der Waals surface area contributed by atoms with Crippen LogP contribution in [0.1, 0.15) is 22.8 Å². The fraction of sp³-hybridized carbons (Fsp3) is 0.231. The summed E-state index contributed by atoms with van der Waals surface area (Å²) >= 11 is 6.16. The number of ether oxygens (including phenoxy) is 2. The van der Waals surface area contributed by atoms with E-state index in [0.29, 0.717) is 17.0 Å². The molecular weight excluding hydrogens is 270 g/mol. The maximum atomic E-state index is 11.5. The molecule has 1 aromatic rings. The van der Waals surface area contributed by atoms with Crippen molar-refractivity contribution < 1.29 is 19.5 Å². The van der Waals surface area contributed by atoms with Crippen LogP contribution in [0, 0.1) is 0 Å². The quantitative estimate of drug-likeness (QED) is 0.399. The Balaban J connectivity index is 3.34. The van der Waals surface area contributed by atoms with E-state index in [0.717, 1.165) is 0 Å². The van der Waals surface area contributed by atoms with Gasteiger partial charge in [-0.25, -0.2) is 4.79 Å². The number of carbonyl (C=O) groups is 1. The molecule has 1 aromatic carbocycles. The molecule has 0 bridgehead atoms. The first kappa shape index (κ1) is 15.0. The second kappa shape index (κ2) is 6.80. The predicted octanol–water partition coefficient (Wildman–Crippen LogP) is 3.00. The number of benzene rings is 1. The Morgan fingerprint density at radius 1 is 1.42 bits per heavy atom. The monoisotopic (exact) mass is 283 g/mol. The molecule has 0 radical (unpaired) electrons. The van der Waals surface area contributed by atoms with Crippen molar-refractivity contribution in [2.75, 3.05) is 14.2 Å². The number of rotatable bonds is 4. The van der Waals surface area contributed by atoms with Crippen LogP contribution in [-0.4, -0.2) is 31.1 Å². The molecular formula is C13H14ClNO4. The van der Waals surface area contributed by atoms with Crippen LogP contribution in [-0.2, 0) is 4.74 Å². The van der Waals surface area contributed by atoms with E-state index in [1.807, 2.05) is 0 Å². The van der Waals surface area contributed by atoms with Gasteiger partial charge in [-0.15, -0.1) is 0 Å². The van der Waals surface area contributed by atoms with Crippen molar-refractivity contribution in [3.05, 3.63) is 34.4 Å². The van der Waals surface area contributed by atoms with Crippen LogP contribution in [0.3, 0.4) is 0 Å². The van der Waals surface area contributed by atoms with Crippen LogP contribution in [0.25, 0.3) is 6.08 Å². The number of hydrogen-bond donors (Lipinski definition) is 1. The van der Waals surface area contributed by atoms with Crippen molar-refractivity contribution in [1.29, 1.82) is 0 Å². The Morgan fingerprint density at radius 2 is 2.11 bits per heavy atom. The highest BCUT2D eigenvalue weighted by Gasteiger charge is 2.16. The second-order valence-electron chi connectivity index (χ2n) is 3.61. The van der Waals surface area contributed by atoms with Crippen LogP contribution < -0.4 is 4.74 Å². The van der Waals surface area contributed by atoms with E-state index in [1.165, 1.54) is 20.3 Å². The van der Waals surface area contributed by atoms with E-state index >= 15 is 0 Å². The van der Waals surface area contributed by atoms with Crippen molar-refractivity contribution in [3.63, 3.8) is 0 Å². The van der Waals surface area contributed by atoms with Crippen molar-refractivity contribution in [3.8, 4) is 5.75 Å². The molecule has 0 heterocycles. The lowest BCUT2D eigenvalue weighted by molar-refractivity contribution is 0.0601. The van der Waals surface area contributed by atoms with Gasteiger partial charge in [-0.2, -0.15) is 0 Å². The zero-order chi connectivity index (χ0) is 14.4. The fourth-order valence-electron chi connectivity index (χ4n) is 1.41. The maximum absolute atomic E-state index is 11.5. The van der Waals surface area contributed by atoms with Crippen LogP contribution in [0.15, 0.2) is 23.4 Å². The minimum absolute atomic E-state index is 0.216. The smallest absolute Gasteiger partial charge is 0.339 e. The summed E-state index contributed by atoms with van der Waals surface area (Å²) in [5.74, 6) is -0.0329. The zero-order valence-corrected chi connectivity index (χ0v) is 11.6. The highest BCUT2D eigenvalue weighted by molar-refractivity contribution is 6.35. The molecule has 0 aromatic heterocycles. The van der Waals surface area contributed by atoms with Gasteiger partial charge < -0.3 is 14.7 Å². The summed E-state index contributed by atoms with van der Waals surface area (Å²) in [7, 11) is 2.77. The first-order valence-corrected chi connectivity index (χ1v) is 5.74. The van der Waals surface area contributed by atoms with E-state index in [2.05, 4.69) is 9.89 Å². The van der Waals surface area contributed by atoms with Gasteiger partial charge in [0.05, 0.1) is 30.5 Å². The molecule has 0 aliphatic heterocycles. The first-order valence-electron chi connectivity index (χ1n) is 5.36. The maximum Gasteiger partial charge on any atom is 0.339 e. The lowest BCUT2D eigenvalue weighted by atomic mass is 10.1. The average molecular weight is 284 g/mol. The second-order valence-corrected chi connectivity index (χ2v) is 3.99. The number of nitrogens with zero attached hydrogens (tertiary/aromatic N) is 1. The van der Waals surface area contributed by atoms with Gasteiger partial charge >= 0.3 is 5.97 Å². The van der Waals surface area contributed by atoms with Crippen molar-refractivity contribution in [2.24, 2.45) is 5.16 Å². The molecule has 0 unspecified atom stereocenters. The number of halogens is 1. The summed E-state index contributed by atoms with van der Waals surface area (Å²) in [5, 5.41) is 11.8. The summed E-state index contributed by atoms with van der Waals surface area (Å²) < 4.78 is 9.81. The molecule has 0 saturated carbocycles. The van der Waals surface area contributed by atoms with Gasteiger partial charge in [-0.3, -0.25) is 0 Å². The first-order chi connectivity index (χ1) is 9.04. The topological polar surface area (TPSA) is 68.1 Å². The number of methoxy groups -OCH3 is 2. The van der Waals surface area contributed by atoms with Crippen molar-refractivity contribution >= 4 is 29.4 Å². The molecule has 102 valence electrons. The van der Waals surface area contributed by atoms with E-state index in [1.54, 1.807) is 25.1 Å². The number of hydrogen-bond acceptors (Lipinski definition) is 5. The van der Waals surface area contributed by atoms with Crippen LogP contribution >= 0.6 is 11.6 Å². The van der Waals surface area contributed by atoms with E-state index in [9.17, 15) is 4.79 Å². The van der Waals surface area contributed by atoms with Gasteiger partial charge in [0.25, 0.3) is 0 Å². The Labute approximate surface area is 116 Å². The average Bonchev–Trinajstić information content (AvgIpc) is 2.44. The number of esters is 1. The Bertz CT molecular complexity index is 538. The molecule has 0 spiro atoms. The molecule has 1 rings (SSSR count). The summed E-state index contributed by atoms with van der Waals surface area (Å²) in [6.07, 6.45) is 3.15. The van der Waals surface area contributed by atoms with Crippen LogP contribution in [0.4, 0.5) is 0 Å². The molecule has 0 atom stereocenters. The molecule has 19 heavy (non-hydrogen) atoms. The number of oxime groups is 1. The largest absolute Gasteiger partial charge is 0.496 e. The zero-order valence-electron chi connectivity index (χ0n) is 10.8. The van der Waals surface area contributed by atoms with Crippen molar-refractivity contribution in [2.45, 2.75) is 6.92 Å². The molecule has 0 fully saturated rings. The summed E-state index contributed by atoms with van der Waals surface area (Å²) in [5.41, 5.74) is 1.14. The Morgan fingerprint density at radius 3 is 2.63 bits per heavy atom. The fourth-order valence-corrected chi connectivity index (χ4v) is 1.71. The van der Waals surface area contributed by atoms with Gasteiger partial charge in [-0.1, -0.05) is 16.8 Å². The molecule has 0 aliphatic carbocycles. The third-order valence-electron chi connectivity index (χ3n) is 2.41. The highest BCUT2D eigenvalue weighted by atomic mass is 35.5. The summed E-state index contributed by atoms with van der Waals surface area (Å²) in [4.78, 5) is 11.5. The SMILES string of the molecule is COC(=O)c1ccc(OC)c(C=CC(C)=NO)c1Cl. The molecule has 5 nitrogen and oxygen atoms in total. The summed E-state index contributed by atoms with van der Waals surface area (Å²) in [6, 6.07) is 3.14. The minimum Gasteiger partial charge on any atom is -0.496 e. The normalized spacial score (nSPS) is 11.7. The van der Waals surface area contributed by atoms with Gasteiger partial charge in [0.15, 0.2) is 0 Å². The van der Waals surface area contributed by atoms with E-state index in [4.69, 9.17) is 21.5 Å². The third-order valence-corrected chi connectivity index (χ3v) is 2.82. The Kier molecular flexibility index (Phi) is 5.38. The predicted molar refractivity (Wildman–Crippen MR) is 73.3 cm³/mol. The molecule has 0 saturated heterocycles. The van der Waals surface area contributed by atoms with E-state index < -0.39 is 5.97 Å². The minimum atomic E-state index is -0.533. The Hall–Kier alpha value is -2.01. The molecule has 0 amide bonds. The van der Waals surface area contributed by atoms with E-state index in [-0.39, 0.29) is 10.6 Å². The third kappa shape index (κ3) is 3.48. The standard InChI is InChI=1S/C13H14ClNO4/c1-8(15-17)4-5-9-11(18-2)7-6-10(12(9)14)13(16)19-3/h4-7,17H,1-3H3. The van der Waals surface area contributed by atoms with Crippen LogP contribution in [0.5, 0.6) is 5.75 Å². The number of allylic oxidation sites excluding steroid dienone is 1. The molecule has 1 N–H and O–H groups in total. The van der Waals surface area contributed by atoms with Gasteiger partial charge in [0.2, 0.25) is 0 Å². The molecule has 6 heteroatoms. The van der Waals surface area contributed by atoms with Gasteiger partial charge in [0.1, 0.15) is 5.75 Å². The number of carbonyl (C=O) groups excluding carboxylic acids is 1. The molecule has 0 aliphatic rings. The van der Waals surface area contributed by atoms with Gasteiger partial charge in [0, 0.05) is 5.56 Å². The van der Waals surface area contributed by atoms with Gasteiger partial charge in [-0.05, 0) is 31.2 Å². The van der Waals surface area contributed by atoms with Crippen molar-refractivity contribution in [1.82, 2.24) is 0 Å². The lowest BCUT2D eigenvalue weighted by Crippen LogP contribution is -2.03. The summed E-state index contributed by atoms with van der Waals surface area (Å²) in [6.45, 7) is 1.61. The lowest BCUT2D eigenvalue weighted by Gasteiger charge is -2.10. The highest BCUT2D eigenvalue weighted by Crippen LogP contribution is 2.31. The van der Waals surface area contributed by atoms with Crippen LogP contribution in [0.2, 0.25) is 5.02 Å².